The molecule has 3 fully saturated rings. The fraction of sp³-hybridized carbons (Fsp3) is 0.708. The summed E-state index contributed by atoms with van der Waals surface area (Å²) in [5.41, 5.74) is -2.56. The maximum atomic E-state index is 14.2. The van der Waals surface area contributed by atoms with Crippen LogP contribution in [-0.2, 0) is 19.3 Å². The zero-order valence-electron chi connectivity index (χ0n) is 20.8. The summed E-state index contributed by atoms with van der Waals surface area (Å²) in [5.74, 6) is -0.470. The maximum absolute atomic E-state index is 14.2. The van der Waals surface area contributed by atoms with E-state index in [9.17, 15) is 30.8 Å². The molecule has 1 atom stereocenters. The average Bonchev–Trinajstić information content (AvgIpc) is 2.79. The third-order valence-corrected chi connectivity index (χ3v) is 8.61. The normalized spacial score (nSPS) is 26.9. The largest absolute Gasteiger partial charge is 0.490 e. The SMILES string of the molecule is C[C@H]1CN([C@H]2CC[C@H](COc3ccc(S(C)(=O)=O)cc3F)CC2)CCN1C(=O)OC1(C(F)(F)F)COC1. The molecule has 4 rings (SSSR count). The number of hydrogen-bond acceptors (Lipinski definition) is 7. The molecule has 1 aromatic rings. The fourth-order valence-corrected chi connectivity index (χ4v) is 5.73. The molecule has 1 saturated carbocycles. The number of nitrogens with zero attached hydrogens (tertiary/aromatic N) is 2. The van der Waals surface area contributed by atoms with Crippen LogP contribution in [0.5, 0.6) is 5.75 Å². The summed E-state index contributed by atoms with van der Waals surface area (Å²) in [5, 5.41) is 0. The Balaban J connectivity index is 1.23. The van der Waals surface area contributed by atoms with Crippen molar-refractivity contribution >= 4 is 15.9 Å². The van der Waals surface area contributed by atoms with Crippen molar-refractivity contribution in [1.29, 1.82) is 0 Å². The Labute approximate surface area is 213 Å². The van der Waals surface area contributed by atoms with Crippen LogP contribution in [-0.4, -0.2) is 93.9 Å². The van der Waals surface area contributed by atoms with E-state index in [4.69, 9.17) is 9.47 Å². The van der Waals surface area contributed by atoms with Crippen LogP contribution in [0.1, 0.15) is 32.6 Å². The molecule has 0 radical (unpaired) electrons. The van der Waals surface area contributed by atoms with Crippen LogP contribution in [0.15, 0.2) is 23.1 Å². The van der Waals surface area contributed by atoms with Crippen LogP contribution in [0.25, 0.3) is 0 Å². The van der Waals surface area contributed by atoms with Crippen LogP contribution in [0.2, 0.25) is 0 Å². The Kier molecular flexibility index (Phi) is 7.97. The van der Waals surface area contributed by atoms with Gasteiger partial charge in [0.05, 0.1) is 24.7 Å². The van der Waals surface area contributed by atoms with Crippen molar-refractivity contribution in [1.82, 2.24) is 9.80 Å². The number of sulfone groups is 1. The summed E-state index contributed by atoms with van der Waals surface area (Å²) >= 11 is 0. The number of rotatable bonds is 6. The summed E-state index contributed by atoms with van der Waals surface area (Å²) in [7, 11) is -3.50. The third-order valence-electron chi connectivity index (χ3n) is 7.50. The number of carbonyl (C=O) groups excluding carboxylic acids is 1. The average molecular weight is 553 g/mol. The molecule has 1 amide bonds. The molecule has 1 aliphatic carbocycles. The monoisotopic (exact) mass is 552 g/mol. The molecule has 1 aromatic carbocycles. The van der Waals surface area contributed by atoms with E-state index in [1.165, 1.54) is 17.0 Å². The topological polar surface area (TPSA) is 85.4 Å². The molecule has 0 spiro atoms. The molecule has 0 unspecified atom stereocenters. The lowest BCUT2D eigenvalue weighted by molar-refractivity contribution is -0.333. The van der Waals surface area contributed by atoms with Crippen LogP contribution in [0.4, 0.5) is 22.4 Å². The second kappa shape index (κ2) is 10.6. The summed E-state index contributed by atoms with van der Waals surface area (Å²) in [6.07, 6.45) is -1.15. The molecule has 2 aliphatic heterocycles. The number of hydrogen-bond donors (Lipinski definition) is 0. The summed E-state index contributed by atoms with van der Waals surface area (Å²) in [4.78, 5) is 16.0. The quantitative estimate of drug-likeness (QED) is 0.499. The Morgan fingerprint density at radius 1 is 1.16 bits per heavy atom. The highest BCUT2D eigenvalue weighted by Crippen LogP contribution is 2.40. The molecule has 3 aliphatic rings. The molecule has 37 heavy (non-hydrogen) atoms. The standard InChI is InChI=1S/C24H32F4N2O6S/c1-16-12-29(9-10-30(16)22(31)36-23(14-34-15-23)24(26,27)28)18-5-3-17(4-6-18)13-35-21-8-7-19(11-20(21)25)37(2,32)33/h7-8,11,16-18H,3-6,9-10,12-15H2,1-2H3/t16-,17-,18-/m0/s1. The first-order chi connectivity index (χ1) is 17.3. The van der Waals surface area contributed by atoms with Gasteiger partial charge in [0, 0.05) is 38.0 Å². The summed E-state index contributed by atoms with van der Waals surface area (Å²) in [6.45, 7) is 2.12. The van der Waals surface area contributed by atoms with E-state index in [-0.39, 0.29) is 35.2 Å². The number of halogens is 4. The minimum atomic E-state index is -4.68. The first-order valence-corrected chi connectivity index (χ1v) is 14.2. The van der Waals surface area contributed by atoms with E-state index >= 15 is 0 Å². The van der Waals surface area contributed by atoms with Crippen LogP contribution in [0, 0.1) is 11.7 Å². The minimum Gasteiger partial charge on any atom is -0.490 e. The molecule has 0 N–H and O–H groups in total. The number of benzene rings is 1. The molecule has 2 saturated heterocycles. The van der Waals surface area contributed by atoms with E-state index in [0.29, 0.717) is 19.7 Å². The molecule has 2 heterocycles. The van der Waals surface area contributed by atoms with E-state index in [1.807, 2.05) is 0 Å². The molecule has 0 bridgehead atoms. The first-order valence-electron chi connectivity index (χ1n) is 12.3. The van der Waals surface area contributed by atoms with Gasteiger partial charge in [0.15, 0.2) is 21.4 Å². The second-order valence-electron chi connectivity index (χ2n) is 10.2. The van der Waals surface area contributed by atoms with Crippen LogP contribution >= 0.6 is 0 Å². The van der Waals surface area contributed by atoms with Gasteiger partial charge in [-0.15, -0.1) is 0 Å². The third kappa shape index (κ3) is 6.14. The molecular weight excluding hydrogens is 520 g/mol. The van der Waals surface area contributed by atoms with Crippen molar-refractivity contribution in [2.45, 2.75) is 61.4 Å². The summed E-state index contributed by atoms with van der Waals surface area (Å²) in [6, 6.07) is 3.60. The molecule has 0 aromatic heterocycles. The van der Waals surface area contributed by atoms with Gasteiger partial charge in [-0.2, -0.15) is 13.2 Å². The highest BCUT2D eigenvalue weighted by Gasteiger charge is 2.64. The highest BCUT2D eigenvalue weighted by atomic mass is 32.2. The van der Waals surface area contributed by atoms with Crippen molar-refractivity contribution in [3.8, 4) is 5.75 Å². The first kappa shape index (κ1) is 27.9. The van der Waals surface area contributed by atoms with Gasteiger partial charge in [-0.05, 0) is 56.7 Å². The number of piperazine rings is 1. The van der Waals surface area contributed by atoms with Gasteiger partial charge in [0.25, 0.3) is 5.60 Å². The van der Waals surface area contributed by atoms with E-state index in [1.54, 1.807) is 6.92 Å². The van der Waals surface area contributed by atoms with Gasteiger partial charge in [0.1, 0.15) is 0 Å². The van der Waals surface area contributed by atoms with Crippen molar-refractivity contribution in [3.63, 3.8) is 0 Å². The van der Waals surface area contributed by atoms with Gasteiger partial charge in [0.2, 0.25) is 0 Å². The van der Waals surface area contributed by atoms with E-state index in [0.717, 1.165) is 38.0 Å². The molecule has 8 nitrogen and oxygen atoms in total. The summed E-state index contributed by atoms with van der Waals surface area (Å²) < 4.78 is 92.5. The highest BCUT2D eigenvalue weighted by molar-refractivity contribution is 7.90. The van der Waals surface area contributed by atoms with E-state index in [2.05, 4.69) is 9.64 Å². The zero-order chi connectivity index (χ0) is 27.0. The van der Waals surface area contributed by atoms with E-state index < -0.39 is 46.7 Å². The number of alkyl halides is 3. The predicted molar refractivity (Wildman–Crippen MR) is 125 cm³/mol. The lowest BCUT2D eigenvalue weighted by Crippen LogP contribution is -2.65. The Bertz CT molecular complexity index is 1090. The van der Waals surface area contributed by atoms with Gasteiger partial charge >= 0.3 is 12.3 Å². The Hall–Kier alpha value is -2.12. The van der Waals surface area contributed by atoms with Gasteiger partial charge in [-0.1, -0.05) is 0 Å². The molecule has 208 valence electrons. The van der Waals surface area contributed by atoms with Gasteiger partial charge in [-0.25, -0.2) is 17.6 Å². The smallest absolute Gasteiger partial charge is 0.433 e. The van der Waals surface area contributed by atoms with Crippen LogP contribution in [0.3, 0.4) is 0 Å². The van der Waals surface area contributed by atoms with Crippen molar-refractivity contribution in [3.05, 3.63) is 24.0 Å². The minimum absolute atomic E-state index is 0.0205. The predicted octanol–water partition coefficient (Wildman–Crippen LogP) is 3.64. The number of ether oxygens (including phenoxy) is 3. The Morgan fingerprint density at radius 3 is 2.35 bits per heavy atom. The Morgan fingerprint density at radius 2 is 1.84 bits per heavy atom. The van der Waals surface area contributed by atoms with Gasteiger partial charge in [-0.3, -0.25) is 4.90 Å². The van der Waals surface area contributed by atoms with Crippen molar-refractivity contribution in [2.24, 2.45) is 5.92 Å². The number of amides is 1. The lowest BCUT2D eigenvalue weighted by Gasteiger charge is -2.47. The molecule has 13 heteroatoms. The molecular formula is C24H32F4N2O6S. The fourth-order valence-electron chi connectivity index (χ4n) is 5.10. The van der Waals surface area contributed by atoms with Crippen molar-refractivity contribution < 1.29 is 45.0 Å². The lowest BCUT2D eigenvalue weighted by atomic mass is 9.85. The van der Waals surface area contributed by atoms with Crippen molar-refractivity contribution in [2.75, 3.05) is 45.7 Å². The zero-order valence-corrected chi connectivity index (χ0v) is 21.6. The second-order valence-corrected chi connectivity index (χ2v) is 12.3. The van der Waals surface area contributed by atoms with Gasteiger partial charge < -0.3 is 19.1 Å². The maximum Gasteiger partial charge on any atom is 0.433 e. The number of carbonyl (C=O) groups is 1. The van der Waals surface area contributed by atoms with Crippen LogP contribution < -0.4 is 4.74 Å².